The lowest BCUT2D eigenvalue weighted by atomic mass is 9.94. The zero-order chi connectivity index (χ0) is 29.0. The fourth-order valence-electron chi connectivity index (χ4n) is 3.69. The summed E-state index contributed by atoms with van der Waals surface area (Å²) in [6, 6.07) is 16.3. The van der Waals surface area contributed by atoms with Crippen molar-refractivity contribution in [2.45, 2.75) is 45.0 Å². The van der Waals surface area contributed by atoms with Crippen LogP contribution in [0.15, 0.2) is 66.7 Å². The van der Waals surface area contributed by atoms with Gasteiger partial charge in [0.05, 0.1) is 15.6 Å². The third-order valence-electron chi connectivity index (χ3n) is 5.59. The summed E-state index contributed by atoms with van der Waals surface area (Å²) < 4.78 is 50.4. The van der Waals surface area contributed by atoms with Crippen LogP contribution in [0.1, 0.15) is 32.8 Å². The molecule has 0 heterocycles. The Kier molecular flexibility index (Phi) is 9.15. The van der Waals surface area contributed by atoms with Crippen molar-refractivity contribution in [3.8, 4) is 23.3 Å². The van der Waals surface area contributed by atoms with Crippen LogP contribution in [0.4, 0.5) is 18.9 Å². The number of ether oxygens (including phenoxy) is 2. The lowest BCUT2D eigenvalue weighted by molar-refractivity contribution is -0.142. The Bertz CT molecular complexity index is 1410. The van der Waals surface area contributed by atoms with E-state index < -0.39 is 35.1 Å². The number of carbonyl (C=O) groups is 2. The van der Waals surface area contributed by atoms with Crippen LogP contribution in [0.5, 0.6) is 17.2 Å². The molecule has 0 saturated heterocycles. The largest absolute Gasteiger partial charge is 0.456 e. The van der Waals surface area contributed by atoms with Crippen LogP contribution < -0.4 is 14.4 Å². The van der Waals surface area contributed by atoms with Gasteiger partial charge in [0, 0.05) is 24.2 Å². The zero-order valence-corrected chi connectivity index (χ0v) is 22.6. The Labute approximate surface area is 233 Å². The van der Waals surface area contributed by atoms with Crippen LogP contribution in [-0.4, -0.2) is 23.3 Å². The summed E-state index contributed by atoms with van der Waals surface area (Å²) in [5, 5.41) is 9.83. The predicted molar refractivity (Wildman–Crippen MR) is 141 cm³/mol. The molecule has 0 aliphatic heterocycles. The Morgan fingerprint density at radius 3 is 2.18 bits per heavy atom. The molecule has 0 bridgehead atoms. The van der Waals surface area contributed by atoms with Gasteiger partial charge in [-0.1, -0.05) is 48.3 Å². The van der Waals surface area contributed by atoms with Gasteiger partial charge in [0.1, 0.15) is 23.3 Å². The summed E-state index contributed by atoms with van der Waals surface area (Å²) in [5.41, 5.74) is -3.10. The number of benzene rings is 3. The summed E-state index contributed by atoms with van der Waals surface area (Å²) in [6.45, 7) is 4.93. The van der Waals surface area contributed by atoms with Crippen molar-refractivity contribution in [3.05, 3.63) is 82.3 Å². The number of hydrogen-bond acceptors (Lipinski definition) is 5. The highest BCUT2D eigenvalue weighted by atomic mass is 35.5. The van der Waals surface area contributed by atoms with E-state index in [4.69, 9.17) is 32.7 Å². The maximum Gasteiger partial charge on any atom is 0.416 e. The molecule has 0 aliphatic rings. The van der Waals surface area contributed by atoms with Crippen LogP contribution in [0.25, 0.3) is 0 Å². The molecule has 39 heavy (non-hydrogen) atoms. The third kappa shape index (κ3) is 6.47. The topological polar surface area (TPSA) is 79.6 Å². The second-order valence-corrected chi connectivity index (χ2v) is 9.43. The van der Waals surface area contributed by atoms with Crippen molar-refractivity contribution >= 4 is 40.6 Å². The molecule has 0 spiro atoms. The lowest BCUT2D eigenvalue weighted by Crippen LogP contribution is -2.59. The summed E-state index contributed by atoms with van der Waals surface area (Å²) >= 11 is 12.3. The third-order valence-corrected chi connectivity index (χ3v) is 6.20. The molecule has 1 unspecified atom stereocenters. The van der Waals surface area contributed by atoms with Crippen molar-refractivity contribution in [1.29, 1.82) is 5.26 Å². The first-order valence-electron chi connectivity index (χ1n) is 11.7. The van der Waals surface area contributed by atoms with Gasteiger partial charge < -0.3 is 14.4 Å². The number of nitriles is 1. The van der Waals surface area contributed by atoms with E-state index in [0.717, 1.165) is 12.1 Å². The van der Waals surface area contributed by atoms with Gasteiger partial charge in [-0.05, 0) is 56.3 Å². The molecule has 3 rings (SSSR count). The highest BCUT2D eigenvalue weighted by Gasteiger charge is 2.51. The number of hydrogen-bond donors (Lipinski definition) is 0. The maximum absolute atomic E-state index is 13.9. The summed E-state index contributed by atoms with van der Waals surface area (Å²) in [5.74, 6) is -2.02. The molecule has 3 aromatic carbocycles. The van der Waals surface area contributed by atoms with Gasteiger partial charge >= 0.3 is 11.8 Å². The minimum Gasteiger partial charge on any atom is -0.456 e. The Balaban J connectivity index is 2.03. The molecule has 0 fully saturated rings. The molecular weight excluding hydrogens is 556 g/mol. The SMILES string of the molecule is CCC(=O)C(C#N)(Oc1cc(Oc2ccc(C(F)(F)F)cc2Cl)ccc1Cl)C(=O)N(c1ccccc1)C(C)C. The van der Waals surface area contributed by atoms with Gasteiger partial charge in [-0.2, -0.15) is 18.4 Å². The van der Waals surface area contributed by atoms with Gasteiger partial charge in [0.15, 0.2) is 0 Å². The van der Waals surface area contributed by atoms with Gasteiger partial charge in [-0.3, -0.25) is 9.59 Å². The second kappa shape index (κ2) is 12.0. The molecule has 1 atom stereocenters. The molecule has 11 heteroatoms. The molecule has 0 radical (unpaired) electrons. The van der Waals surface area contributed by atoms with Crippen molar-refractivity contribution in [1.82, 2.24) is 0 Å². The van der Waals surface area contributed by atoms with Crippen molar-refractivity contribution < 1.29 is 32.2 Å². The number of alkyl halides is 3. The summed E-state index contributed by atoms with van der Waals surface area (Å²) in [4.78, 5) is 28.3. The molecule has 0 aliphatic carbocycles. The lowest BCUT2D eigenvalue weighted by Gasteiger charge is -2.34. The fraction of sp³-hybridized carbons (Fsp3) is 0.250. The second-order valence-electron chi connectivity index (χ2n) is 8.61. The van der Waals surface area contributed by atoms with E-state index in [1.54, 1.807) is 50.2 Å². The average Bonchev–Trinajstić information content (AvgIpc) is 2.89. The maximum atomic E-state index is 13.9. The van der Waals surface area contributed by atoms with E-state index >= 15 is 0 Å². The van der Waals surface area contributed by atoms with Crippen LogP contribution in [0, 0.1) is 11.3 Å². The van der Waals surface area contributed by atoms with Gasteiger partial charge in [-0.15, -0.1) is 0 Å². The van der Waals surface area contributed by atoms with Crippen LogP contribution in [0.2, 0.25) is 10.0 Å². The first-order valence-corrected chi connectivity index (χ1v) is 12.5. The van der Waals surface area contributed by atoms with E-state index in [9.17, 15) is 28.0 Å². The molecule has 0 saturated carbocycles. The summed E-state index contributed by atoms with van der Waals surface area (Å²) in [6.07, 6.45) is -4.79. The number of ketones is 1. The number of rotatable bonds is 9. The first kappa shape index (κ1) is 29.8. The number of amides is 1. The number of para-hydroxylation sites is 1. The smallest absolute Gasteiger partial charge is 0.416 e. The number of nitrogens with zero attached hydrogens (tertiary/aromatic N) is 2. The standard InChI is InChI=1S/C28H23Cl2F3N2O4/c1-4-25(36)27(16-34,26(37)35(17(2)3)19-8-6-5-7-9-19)39-24-15-20(11-12-21(24)29)38-23-13-10-18(14-22(23)30)28(31,32)33/h5-15,17H,4H2,1-3H3. The molecule has 6 nitrogen and oxygen atoms in total. The highest BCUT2D eigenvalue weighted by molar-refractivity contribution is 6.32. The minimum absolute atomic E-state index is 0.0167. The Morgan fingerprint density at radius 1 is 0.974 bits per heavy atom. The highest BCUT2D eigenvalue weighted by Crippen LogP contribution is 2.39. The average molecular weight is 579 g/mol. The molecule has 3 aromatic rings. The number of carbonyl (C=O) groups excluding carboxylic acids is 2. The Hall–Kier alpha value is -3.74. The molecule has 204 valence electrons. The molecule has 0 N–H and O–H groups in total. The summed E-state index contributed by atoms with van der Waals surface area (Å²) in [7, 11) is 0. The number of Topliss-reactive ketones (excluding diaryl/α,β-unsaturated/α-hetero) is 1. The van der Waals surface area contributed by atoms with Gasteiger partial charge in [0.2, 0.25) is 5.78 Å². The quantitative estimate of drug-likeness (QED) is 0.241. The van der Waals surface area contributed by atoms with Gasteiger partial charge in [-0.25, -0.2) is 0 Å². The molecule has 0 aromatic heterocycles. The van der Waals surface area contributed by atoms with Crippen molar-refractivity contribution in [2.24, 2.45) is 0 Å². The molecular formula is C28H23Cl2F3N2O4. The van der Waals surface area contributed by atoms with E-state index in [1.807, 2.05) is 0 Å². The molecule has 1 amide bonds. The minimum atomic E-state index is -4.59. The Morgan fingerprint density at radius 2 is 1.64 bits per heavy atom. The van der Waals surface area contributed by atoms with Crippen molar-refractivity contribution in [3.63, 3.8) is 0 Å². The van der Waals surface area contributed by atoms with Crippen LogP contribution in [-0.2, 0) is 15.8 Å². The van der Waals surface area contributed by atoms with E-state index in [0.29, 0.717) is 11.8 Å². The van der Waals surface area contributed by atoms with E-state index in [2.05, 4.69) is 0 Å². The first-order chi connectivity index (χ1) is 18.3. The zero-order valence-electron chi connectivity index (χ0n) is 21.1. The number of anilines is 1. The normalized spacial score (nSPS) is 12.8. The van der Waals surface area contributed by atoms with Crippen LogP contribution >= 0.6 is 23.2 Å². The van der Waals surface area contributed by atoms with Crippen LogP contribution in [0.3, 0.4) is 0 Å². The van der Waals surface area contributed by atoms with Gasteiger partial charge in [0.25, 0.3) is 5.91 Å². The van der Waals surface area contributed by atoms with E-state index in [1.165, 1.54) is 30.0 Å². The van der Waals surface area contributed by atoms with E-state index in [-0.39, 0.29) is 33.7 Å². The monoisotopic (exact) mass is 578 g/mol. The predicted octanol–water partition coefficient (Wildman–Crippen LogP) is 7.87. The fourth-order valence-corrected chi connectivity index (χ4v) is 4.06. The van der Waals surface area contributed by atoms with Crippen molar-refractivity contribution in [2.75, 3.05) is 4.90 Å². The number of halogens is 5.